The van der Waals surface area contributed by atoms with Gasteiger partial charge in [0.05, 0.1) is 0 Å². The molecule has 0 unspecified atom stereocenters. The van der Waals surface area contributed by atoms with Gasteiger partial charge >= 0.3 is 0 Å². The topological polar surface area (TPSA) is 54.5 Å². The van der Waals surface area contributed by atoms with Crippen molar-refractivity contribution in [3.05, 3.63) is 53.2 Å². The highest BCUT2D eigenvalue weighted by Crippen LogP contribution is 2.27. The third-order valence-corrected chi connectivity index (χ3v) is 5.15. The molecule has 1 aliphatic rings. The quantitative estimate of drug-likeness (QED) is 0.781. The molecule has 1 aliphatic heterocycles. The second kappa shape index (κ2) is 9.58. The number of carbonyl (C=O) groups excluding carboxylic acids is 1. The fraction of sp³-hybridized carbons (Fsp3) is 0.478. The van der Waals surface area contributed by atoms with Gasteiger partial charge in [-0.25, -0.2) is 4.98 Å². The van der Waals surface area contributed by atoms with Crippen LogP contribution in [0, 0.1) is 6.92 Å². The average molecular weight is 382 g/mol. The lowest BCUT2D eigenvalue weighted by molar-refractivity contribution is -0.123. The number of ether oxygens (including phenoxy) is 1. The van der Waals surface area contributed by atoms with Crippen molar-refractivity contribution >= 4 is 11.7 Å². The molecule has 0 atom stereocenters. The number of hydrogen-bond donors (Lipinski definition) is 1. The fourth-order valence-corrected chi connectivity index (χ4v) is 3.59. The number of hydrogen-bond acceptors (Lipinski definition) is 4. The van der Waals surface area contributed by atoms with Gasteiger partial charge in [0.25, 0.3) is 5.91 Å². The van der Waals surface area contributed by atoms with Crippen LogP contribution in [0.15, 0.2) is 36.5 Å². The Morgan fingerprint density at radius 2 is 2.00 bits per heavy atom. The van der Waals surface area contributed by atoms with Gasteiger partial charge in [-0.3, -0.25) is 4.79 Å². The molecule has 1 saturated heterocycles. The number of rotatable bonds is 7. The molecule has 5 nitrogen and oxygen atoms in total. The van der Waals surface area contributed by atoms with Crippen molar-refractivity contribution in [1.82, 2.24) is 10.3 Å². The maximum absolute atomic E-state index is 12.4. The molecule has 0 bridgehead atoms. The lowest BCUT2D eigenvalue weighted by Crippen LogP contribution is -2.33. The van der Waals surface area contributed by atoms with Gasteiger partial charge in [0.15, 0.2) is 6.61 Å². The molecular weight excluding hydrogens is 350 g/mol. The summed E-state index contributed by atoms with van der Waals surface area (Å²) in [5.41, 5.74) is 3.30. The van der Waals surface area contributed by atoms with Crippen LogP contribution in [0.4, 0.5) is 5.82 Å². The molecule has 1 amide bonds. The molecule has 3 rings (SSSR count). The van der Waals surface area contributed by atoms with Crippen LogP contribution in [-0.2, 0) is 11.3 Å². The normalized spacial score (nSPS) is 14.2. The molecule has 150 valence electrons. The molecule has 0 spiro atoms. The second-order valence-corrected chi connectivity index (χ2v) is 7.80. The lowest BCUT2D eigenvalue weighted by Gasteiger charge is -2.29. The van der Waals surface area contributed by atoms with E-state index in [4.69, 9.17) is 4.74 Å². The monoisotopic (exact) mass is 381 g/mol. The maximum atomic E-state index is 12.4. The number of amides is 1. The third-order valence-electron chi connectivity index (χ3n) is 5.15. The molecular formula is C23H31N3O2. The smallest absolute Gasteiger partial charge is 0.258 e. The van der Waals surface area contributed by atoms with Crippen molar-refractivity contribution in [2.24, 2.45) is 0 Å². The third kappa shape index (κ3) is 5.24. The van der Waals surface area contributed by atoms with Crippen molar-refractivity contribution in [2.75, 3.05) is 24.6 Å². The fourth-order valence-electron chi connectivity index (χ4n) is 3.59. The number of anilines is 1. The van der Waals surface area contributed by atoms with Crippen molar-refractivity contribution in [2.45, 2.75) is 52.5 Å². The Morgan fingerprint density at radius 3 is 2.75 bits per heavy atom. The minimum absolute atomic E-state index is 0.0164. The predicted octanol–water partition coefficient (Wildman–Crippen LogP) is 4.20. The Labute approximate surface area is 168 Å². The van der Waals surface area contributed by atoms with Gasteiger partial charge in [0.2, 0.25) is 0 Å². The van der Waals surface area contributed by atoms with Crippen molar-refractivity contribution in [1.29, 1.82) is 0 Å². The molecule has 0 radical (unpaired) electrons. The van der Waals surface area contributed by atoms with Gasteiger partial charge in [0, 0.05) is 31.4 Å². The first kappa shape index (κ1) is 20.2. The zero-order valence-electron chi connectivity index (χ0n) is 17.2. The van der Waals surface area contributed by atoms with E-state index in [0.717, 1.165) is 41.3 Å². The minimum atomic E-state index is -0.121. The van der Waals surface area contributed by atoms with Crippen LogP contribution in [0.1, 0.15) is 55.7 Å². The molecule has 28 heavy (non-hydrogen) atoms. The van der Waals surface area contributed by atoms with E-state index in [2.05, 4.69) is 41.2 Å². The standard InChI is InChI=1S/C23H31N3O2/c1-17(2)20-10-9-18(3)14-21(20)28-16-22(27)25-15-19-8-7-11-24-23(19)26-12-5-4-6-13-26/h7-11,14,17H,4-6,12-13,15-16H2,1-3H3,(H,25,27). The summed E-state index contributed by atoms with van der Waals surface area (Å²) in [6.45, 7) is 8.83. The first-order valence-corrected chi connectivity index (χ1v) is 10.2. The number of nitrogens with one attached hydrogen (secondary N) is 1. The number of nitrogens with zero attached hydrogens (tertiary/aromatic N) is 2. The number of piperidine rings is 1. The number of aryl methyl sites for hydroxylation is 1. The second-order valence-electron chi connectivity index (χ2n) is 7.80. The van der Waals surface area contributed by atoms with Gasteiger partial charge < -0.3 is 15.0 Å². The largest absolute Gasteiger partial charge is 0.483 e. The van der Waals surface area contributed by atoms with E-state index in [1.54, 1.807) is 0 Å². The molecule has 0 saturated carbocycles. The highest BCUT2D eigenvalue weighted by Gasteiger charge is 2.16. The summed E-state index contributed by atoms with van der Waals surface area (Å²) in [6.07, 6.45) is 5.50. The number of pyridine rings is 1. The van der Waals surface area contributed by atoms with Crippen LogP contribution >= 0.6 is 0 Å². The molecule has 5 heteroatoms. The molecule has 1 fully saturated rings. The number of aromatic nitrogens is 1. The molecule has 1 N–H and O–H groups in total. The van der Waals surface area contributed by atoms with E-state index in [1.807, 2.05) is 31.3 Å². The van der Waals surface area contributed by atoms with Crippen LogP contribution in [0.25, 0.3) is 0 Å². The van der Waals surface area contributed by atoms with E-state index in [0.29, 0.717) is 12.5 Å². The number of benzene rings is 1. The van der Waals surface area contributed by atoms with Crippen LogP contribution in [0.2, 0.25) is 0 Å². The summed E-state index contributed by atoms with van der Waals surface area (Å²) < 4.78 is 5.84. The molecule has 2 aromatic rings. The lowest BCUT2D eigenvalue weighted by atomic mass is 10.0. The van der Waals surface area contributed by atoms with E-state index >= 15 is 0 Å². The average Bonchev–Trinajstić information content (AvgIpc) is 2.71. The zero-order valence-corrected chi connectivity index (χ0v) is 17.2. The predicted molar refractivity (Wildman–Crippen MR) is 113 cm³/mol. The Kier molecular flexibility index (Phi) is 6.90. The maximum Gasteiger partial charge on any atom is 0.258 e. The van der Waals surface area contributed by atoms with E-state index in [1.165, 1.54) is 19.3 Å². The Morgan fingerprint density at radius 1 is 1.21 bits per heavy atom. The highest BCUT2D eigenvalue weighted by molar-refractivity contribution is 5.77. The van der Waals surface area contributed by atoms with Crippen molar-refractivity contribution < 1.29 is 9.53 Å². The van der Waals surface area contributed by atoms with Gasteiger partial charge in [-0.2, -0.15) is 0 Å². The summed E-state index contributed by atoms with van der Waals surface area (Å²) in [5, 5.41) is 2.98. The van der Waals surface area contributed by atoms with Crippen LogP contribution in [-0.4, -0.2) is 30.6 Å². The summed E-state index contributed by atoms with van der Waals surface area (Å²) in [7, 11) is 0. The Hall–Kier alpha value is -2.56. The Bertz CT molecular complexity index is 798. The van der Waals surface area contributed by atoms with E-state index in [9.17, 15) is 4.79 Å². The summed E-state index contributed by atoms with van der Waals surface area (Å²) in [6, 6.07) is 10.1. The van der Waals surface area contributed by atoms with E-state index in [-0.39, 0.29) is 12.5 Å². The number of carbonyl (C=O) groups is 1. The van der Waals surface area contributed by atoms with Crippen molar-refractivity contribution in [3.63, 3.8) is 0 Å². The summed E-state index contributed by atoms with van der Waals surface area (Å²) >= 11 is 0. The van der Waals surface area contributed by atoms with Crippen LogP contribution in [0.3, 0.4) is 0 Å². The molecule has 0 aliphatic carbocycles. The van der Waals surface area contributed by atoms with Crippen molar-refractivity contribution in [3.8, 4) is 5.75 Å². The first-order valence-electron chi connectivity index (χ1n) is 10.2. The summed E-state index contributed by atoms with van der Waals surface area (Å²) in [4.78, 5) is 19.3. The minimum Gasteiger partial charge on any atom is -0.483 e. The van der Waals surface area contributed by atoms with Gasteiger partial charge in [-0.1, -0.05) is 32.0 Å². The SMILES string of the molecule is Cc1ccc(C(C)C)c(OCC(=O)NCc2cccnc2N2CCCCC2)c1. The summed E-state index contributed by atoms with van der Waals surface area (Å²) in [5.74, 6) is 2.01. The van der Waals surface area contributed by atoms with Gasteiger partial charge in [-0.15, -0.1) is 0 Å². The molecule has 1 aromatic carbocycles. The molecule has 2 heterocycles. The van der Waals surface area contributed by atoms with Gasteiger partial charge in [0.1, 0.15) is 11.6 Å². The first-order chi connectivity index (χ1) is 13.5. The van der Waals surface area contributed by atoms with Gasteiger partial charge in [-0.05, 0) is 55.4 Å². The zero-order chi connectivity index (χ0) is 19.9. The highest BCUT2D eigenvalue weighted by atomic mass is 16.5. The van der Waals surface area contributed by atoms with E-state index < -0.39 is 0 Å². The van der Waals surface area contributed by atoms with Crippen LogP contribution < -0.4 is 15.0 Å². The molecule has 1 aromatic heterocycles. The van der Waals surface area contributed by atoms with Crippen LogP contribution in [0.5, 0.6) is 5.75 Å². The Balaban J connectivity index is 1.58.